The van der Waals surface area contributed by atoms with Gasteiger partial charge in [-0.2, -0.15) is 0 Å². The summed E-state index contributed by atoms with van der Waals surface area (Å²) in [6.07, 6.45) is 2.01. The number of nitrogens with two attached hydrogens (primary N) is 1. The zero-order valence-electron chi connectivity index (χ0n) is 20.6. The summed E-state index contributed by atoms with van der Waals surface area (Å²) in [5, 5.41) is 2.84. The van der Waals surface area contributed by atoms with Crippen LogP contribution in [-0.2, 0) is 14.4 Å². The Labute approximate surface area is 207 Å². The second kappa shape index (κ2) is 11.6. The van der Waals surface area contributed by atoms with E-state index in [1.165, 1.54) is 4.90 Å². The molecular formula is C28H34N4O3. The molecule has 2 aromatic rings. The maximum atomic E-state index is 13.6. The number of carbonyl (C=O) groups excluding carboxylic acids is 3. The predicted octanol–water partition coefficient (Wildman–Crippen LogP) is 3.67. The van der Waals surface area contributed by atoms with Crippen molar-refractivity contribution >= 4 is 29.1 Å². The second-order valence-corrected chi connectivity index (χ2v) is 9.28. The van der Waals surface area contributed by atoms with Crippen molar-refractivity contribution in [3.05, 3.63) is 78.4 Å². The number of hydrogen-bond donors (Lipinski definition) is 2. The zero-order valence-corrected chi connectivity index (χ0v) is 20.6. The predicted molar refractivity (Wildman–Crippen MR) is 139 cm³/mol. The van der Waals surface area contributed by atoms with Crippen LogP contribution in [0.15, 0.2) is 72.2 Å². The maximum absolute atomic E-state index is 13.6. The van der Waals surface area contributed by atoms with E-state index in [9.17, 15) is 14.4 Å². The lowest BCUT2D eigenvalue weighted by Gasteiger charge is -2.27. The first kappa shape index (κ1) is 25.9. The van der Waals surface area contributed by atoms with Crippen LogP contribution in [0.25, 0.3) is 0 Å². The van der Waals surface area contributed by atoms with Crippen LogP contribution in [-0.4, -0.2) is 36.6 Å². The molecule has 7 nitrogen and oxygen atoms in total. The molecule has 3 amide bonds. The van der Waals surface area contributed by atoms with E-state index in [4.69, 9.17) is 10.7 Å². The molecule has 2 aromatic carbocycles. The van der Waals surface area contributed by atoms with E-state index < -0.39 is 29.8 Å². The Balaban J connectivity index is 2.02. The normalized spacial score (nSPS) is 17.1. The van der Waals surface area contributed by atoms with Crippen LogP contribution >= 0.6 is 0 Å². The number of anilines is 1. The number of benzene rings is 2. The lowest BCUT2D eigenvalue weighted by molar-refractivity contribution is -0.136. The van der Waals surface area contributed by atoms with E-state index >= 15 is 0 Å². The fourth-order valence-electron chi connectivity index (χ4n) is 4.49. The molecule has 184 valence electrons. The molecule has 1 heterocycles. The quantitative estimate of drug-likeness (QED) is 0.513. The van der Waals surface area contributed by atoms with Crippen molar-refractivity contribution in [3.63, 3.8) is 0 Å². The number of fused-ring (bicyclic) bond motifs is 1. The Bertz CT molecular complexity index is 1110. The maximum Gasteiger partial charge on any atom is 0.272 e. The third-order valence-electron chi connectivity index (χ3n) is 6.26. The first-order valence-electron chi connectivity index (χ1n) is 11.9. The minimum absolute atomic E-state index is 0.150. The lowest BCUT2D eigenvalue weighted by Crippen LogP contribution is -2.50. The molecule has 0 saturated heterocycles. The van der Waals surface area contributed by atoms with Crippen molar-refractivity contribution in [2.24, 2.45) is 28.5 Å². The summed E-state index contributed by atoms with van der Waals surface area (Å²) in [4.78, 5) is 45.5. The molecule has 0 aromatic heterocycles. The number of rotatable bonds is 10. The number of amides is 3. The summed E-state index contributed by atoms with van der Waals surface area (Å²) in [5.41, 5.74) is 8.65. The van der Waals surface area contributed by atoms with Crippen LogP contribution < -0.4 is 16.0 Å². The molecular weight excluding hydrogens is 440 g/mol. The fourth-order valence-corrected chi connectivity index (χ4v) is 4.49. The standard InChI is InChI=1S/C28H34N4O3/c1-5-6-14-20(25(29)33)22(17-18(2)3)27(34)31-26-28(35)32(4)23-16-11-10-15-21(23)24(30-26)19-12-8-7-9-13-19/h5,7-13,15-16,18,20,22,26H,1,6,14,17H2,2-4H3,(H2,29,33)(H,31,34)/t20-,22+,26+/m0/s1. The number of hydrogen-bond acceptors (Lipinski definition) is 4. The zero-order chi connectivity index (χ0) is 25.5. The molecule has 0 aliphatic carbocycles. The van der Waals surface area contributed by atoms with Crippen LogP contribution in [0.1, 0.15) is 44.2 Å². The minimum atomic E-state index is -1.14. The number of aliphatic imine (C=N–C) groups is 1. The highest BCUT2D eigenvalue weighted by atomic mass is 16.2. The van der Waals surface area contributed by atoms with Gasteiger partial charge < -0.3 is 16.0 Å². The van der Waals surface area contributed by atoms with Gasteiger partial charge in [0.1, 0.15) is 0 Å². The van der Waals surface area contributed by atoms with E-state index in [1.807, 2.05) is 68.4 Å². The van der Waals surface area contributed by atoms with Crippen LogP contribution in [0.3, 0.4) is 0 Å². The Morgan fingerprint density at radius 1 is 1.11 bits per heavy atom. The van der Waals surface area contributed by atoms with E-state index in [2.05, 4.69) is 11.9 Å². The Kier molecular flexibility index (Phi) is 8.58. The molecule has 0 bridgehead atoms. The molecule has 3 rings (SSSR count). The summed E-state index contributed by atoms with van der Waals surface area (Å²) < 4.78 is 0. The van der Waals surface area contributed by atoms with Crippen molar-refractivity contribution in [3.8, 4) is 0 Å². The molecule has 0 fully saturated rings. The number of benzodiazepines with no additional fused rings is 1. The molecule has 0 radical (unpaired) electrons. The van der Waals surface area contributed by atoms with Gasteiger partial charge in [0, 0.05) is 30.0 Å². The van der Waals surface area contributed by atoms with Crippen molar-refractivity contribution in [1.82, 2.24) is 5.32 Å². The number of para-hydroxylation sites is 1. The van der Waals surface area contributed by atoms with Gasteiger partial charge in [-0.25, -0.2) is 4.99 Å². The number of carbonyl (C=O) groups is 3. The van der Waals surface area contributed by atoms with E-state index in [0.29, 0.717) is 30.7 Å². The Morgan fingerprint density at radius 2 is 1.77 bits per heavy atom. The average molecular weight is 475 g/mol. The summed E-state index contributed by atoms with van der Waals surface area (Å²) in [5.74, 6) is -2.48. The first-order valence-corrected chi connectivity index (χ1v) is 11.9. The van der Waals surface area contributed by atoms with E-state index in [0.717, 1.165) is 11.1 Å². The monoisotopic (exact) mass is 474 g/mol. The smallest absolute Gasteiger partial charge is 0.272 e. The number of allylic oxidation sites excluding steroid dienone is 1. The molecule has 0 unspecified atom stereocenters. The van der Waals surface area contributed by atoms with Gasteiger partial charge in [-0.15, -0.1) is 6.58 Å². The van der Waals surface area contributed by atoms with Gasteiger partial charge in [0.15, 0.2) is 0 Å². The van der Waals surface area contributed by atoms with Gasteiger partial charge >= 0.3 is 0 Å². The molecule has 3 N–H and O–H groups in total. The Hall–Kier alpha value is -3.74. The molecule has 1 aliphatic heterocycles. The van der Waals surface area contributed by atoms with Gasteiger partial charge in [0.2, 0.25) is 18.0 Å². The third kappa shape index (κ3) is 6.04. The number of primary amides is 1. The van der Waals surface area contributed by atoms with Crippen molar-refractivity contribution in [1.29, 1.82) is 0 Å². The van der Waals surface area contributed by atoms with Gasteiger partial charge in [0.05, 0.1) is 11.4 Å². The van der Waals surface area contributed by atoms with Gasteiger partial charge in [0.25, 0.3) is 5.91 Å². The van der Waals surface area contributed by atoms with Crippen molar-refractivity contribution < 1.29 is 14.4 Å². The first-order chi connectivity index (χ1) is 16.7. The minimum Gasteiger partial charge on any atom is -0.369 e. The Morgan fingerprint density at radius 3 is 2.40 bits per heavy atom. The van der Waals surface area contributed by atoms with Crippen LogP contribution in [0.4, 0.5) is 5.69 Å². The molecule has 0 saturated carbocycles. The largest absolute Gasteiger partial charge is 0.369 e. The van der Waals surface area contributed by atoms with Gasteiger partial charge in [-0.3, -0.25) is 14.4 Å². The molecule has 1 aliphatic rings. The van der Waals surface area contributed by atoms with E-state index in [-0.39, 0.29) is 11.8 Å². The highest BCUT2D eigenvalue weighted by Gasteiger charge is 2.36. The molecule has 3 atom stereocenters. The van der Waals surface area contributed by atoms with Crippen molar-refractivity contribution in [2.75, 3.05) is 11.9 Å². The summed E-state index contributed by atoms with van der Waals surface area (Å²) in [6.45, 7) is 7.69. The highest BCUT2D eigenvalue weighted by Crippen LogP contribution is 2.29. The second-order valence-electron chi connectivity index (χ2n) is 9.28. The van der Waals surface area contributed by atoms with Crippen molar-refractivity contribution in [2.45, 2.75) is 39.3 Å². The van der Waals surface area contributed by atoms with Crippen LogP contribution in [0, 0.1) is 17.8 Å². The summed E-state index contributed by atoms with van der Waals surface area (Å²) >= 11 is 0. The SMILES string of the molecule is C=CCC[C@H](C(N)=O)[C@@H](CC(C)C)C(=O)N[C@H]1N=C(c2ccccc2)c2ccccc2N(C)C1=O. The fraction of sp³-hybridized carbons (Fsp3) is 0.357. The number of nitrogens with one attached hydrogen (secondary N) is 1. The third-order valence-corrected chi connectivity index (χ3v) is 6.26. The lowest BCUT2D eigenvalue weighted by atomic mass is 9.81. The average Bonchev–Trinajstić information content (AvgIpc) is 2.94. The summed E-state index contributed by atoms with van der Waals surface area (Å²) in [7, 11) is 1.67. The van der Waals surface area contributed by atoms with Crippen LogP contribution in [0.2, 0.25) is 0 Å². The molecule has 35 heavy (non-hydrogen) atoms. The van der Waals surface area contributed by atoms with Gasteiger partial charge in [-0.05, 0) is 31.2 Å². The topological polar surface area (TPSA) is 105 Å². The highest BCUT2D eigenvalue weighted by molar-refractivity contribution is 6.20. The van der Waals surface area contributed by atoms with Crippen LogP contribution in [0.5, 0.6) is 0 Å². The molecule has 7 heteroatoms. The van der Waals surface area contributed by atoms with E-state index in [1.54, 1.807) is 13.1 Å². The number of likely N-dealkylation sites (N-methyl/N-ethyl adjacent to an activating group) is 1. The molecule has 0 spiro atoms. The van der Waals surface area contributed by atoms with Gasteiger partial charge in [-0.1, -0.05) is 68.5 Å². The number of nitrogens with zero attached hydrogens (tertiary/aromatic N) is 2. The summed E-state index contributed by atoms with van der Waals surface area (Å²) in [6, 6.07) is 17.1.